The molecule has 1 heteroatoms. The highest BCUT2D eigenvalue weighted by atomic mass is 16.3. The van der Waals surface area contributed by atoms with E-state index in [-0.39, 0.29) is 12.0 Å². The van der Waals surface area contributed by atoms with Crippen LogP contribution >= 0.6 is 0 Å². The fourth-order valence-corrected chi connectivity index (χ4v) is 2.37. The van der Waals surface area contributed by atoms with Crippen molar-refractivity contribution in [3.8, 4) is 0 Å². The summed E-state index contributed by atoms with van der Waals surface area (Å²) in [6.45, 7) is 15.3. The molecule has 2 unspecified atom stereocenters. The summed E-state index contributed by atoms with van der Waals surface area (Å²) >= 11 is 0. The molecule has 0 aliphatic carbocycles. The van der Waals surface area contributed by atoms with Crippen LogP contribution in [0.3, 0.4) is 0 Å². The van der Waals surface area contributed by atoms with Crippen LogP contribution in [0.15, 0.2) is 18.2 Å². The molecule has 0 aromatic heterocycles. The molecule has 0 fully saturated rings. The third-order valence-corrected chi connectivity index (χ3v) is 4.27. The second-order valence-electron chi connectivity index (χ2n) is 6.75. The number of benzene rings is 1. The van der Waals surface area contributed by atoms with Gasteiger partial charge in [0.05, 0.1) is 6.10 Å². The van der Waals surface area contributed by atoms with Gasteiger partial charge in [-0.2, -0.15) is 0 Å². The molecule has 0 spiro atoms. The van der Waals surface area contributed by atoms with Crippen molar-refractivity contribution in [3.63, 3.8) is 0 Å². The van der Waals surface area contributed by atoms with Gasteiger partial charge in [0.25, 0.3) is 0 Å². The summed E-state index contributed by atoms with van der Waals surface area (Å²) in [7, 11) is 0. The molecule has 0 heterocycles. The minimum absolute atomic E-state index is 0.280. The molecule has 0 saturated carbocycles. The van der Waals surface area contributed by atoms with Crippen molar-refractivity contribution in [1.29, 1.82) is 0 Å². The summed E-state index contributed by atoms with van der Waals surface area (Å²) in [4.78, 5) is 0. The highest BCUT2D eigenvalue weighted by Gasteiger charge is 2.23. The predicted molar refractivity (Wildman–Crippen MR) is 83.6 cm³/mol. The number of hydrogen-bond donors (Lipinski definition) is 1. The second kappa shape index (κ2) is 6.56. The maximum Gasteiger partial charge on any atom is 0.0820 e. The maximum atomic E-state index is 10.6. The molecule has 1 N–H and O–H groups in total. The Hall–Kier alpha value is -0.820. The quantitative estimate of drug-likeness (QED) is 0.767. The van der Waals surface area contributed by atoms with E-state index in [1.54, 1.807) is 0 Å². The van der Waals surface area contributed by atoms with Crippen LogP contribution in [0.5, 0.6) is 0 Å². The van der Waals surface area contributed by atoms with E-state index < -0.39 is 0 Å². The van der Waals surface area contributed by atoms with E-state index in [9.17, 15) is 5.11 Å². The SMILES string of the molecule is CC(C)c1ccc(C(O)C(C)C(C)C)c(C(C)C)c1. The molecule has 1 aromatic carbocycles. The third kappa shape index (κ3) is 3.82. The number of rotatable bonds is 5. The van der Waals surface area contributed by atoms with Crippen molar-refractivity contribution in [2.24, 2.45) is 11.8 Å². The fourth-order valence-electron chi connectivity index (χ4n) is 2.37. The van der Waals surface area contributed by atoms with Crippen molar-refractivity contribution in [3.05, 3.63) is 34.9 Å². The van der Waals surface area contributed by atoms with Gasteiger partial charge in [-0.25, -0.2) is 0 Å². The number of hydrogen-bond acceptors (Lipinski definition) is 1. The molecule has 0 bridgehead atoms. The summed E-state index contributed by atoms with van der Waals surface area (Å²) in [6, 6.07) is 6.58. The van der Waals surface area contributed by atoms with E-state index >= 15 is 0 Å². The summed E-state index contributed by atoms with van der Waals surface area (Å²) in [5.74, 6) is 1.75. The summed E-state index contributed by atoms with van der Waals surface area (Å²) < 4.78 is 0. The molecule has 0 saturated heterocycles. The van der Waals surface area contributed by atoms with Gasteiger partial charge < -0.3 is 5.11 Å². The molecule has 0 aliphatic heterocycles. The zero-order chi connectivity index (χ0) is 14.7. The lowest BCUT2D eigenvalue weighted by atomic mass is 9.82. The predicted octanol–water partition coefficient (Wildman–Crippen LogP) is 5.26. The van der Waals surface area contributed by atoms with Crippen LogP contribution in [0.2, 0.25) is 0 Å². The first kappa shape index (κ1) is 16.2. The molecule has 0 amide bonds. The number of aliphatic hydroxyl groups is 1. The van der Waals surface area contributed by atoms with Gasteiger partial charge in [-0.3, -0.25) is 0 Å². The molecule has 1 rings (SSSR count). The van der Waals surface area contributed by atoms with Crippen molar-refractivity contribution < 1.29 is 5.11 Å². The molecule has 19 heavy (non-hydrogen) atoms. The summed E-state index contributed by atoms with van der Waals surface area (Å²) in [5, 5.41) is 10.6. The first-order chi connectivity index (χ1) is 8.75. The highest BCUT2D eigenvalue weighted by molar-refractivity contribution is 5.37. The van der Waals surface area contributed by atoms with Crippen LogP contribution in [-0.2, 0) is 0 Å². The van der Waals surface area contributed by atoms with Crippen molar-refractivity contribution in [2.75, 3.05) is 0 Å². The smallest absolute Gasteiger partial charge is 0.0820 e. The van der Waals surface area contributed by atoms with Crippen molar-refractivity contribution >= 4 is 0 Å². The van der Waals surface area contributed by atoms with Crippen LogP contribution in [0.1, 0.15) is 83.1 Å². The molecule has 0 radical (unpaired) electrons. The van der Waals surface area contributed by atoms with Crippen LogP contribution in [0, 0.1) is 11.8 Å². The van der Waals surface area contributed by atoms with Crippen LogP contribution < -0.4 is 0 Å². The first-order valence-corrected chi connectivity index (χ1v) is 7.57. The highest BCUT2D eigenvalue weighted by Crippen LogP contribution is 2.34. The maximum absolute atomic E-state index is 10.6. The van der Waals surface area contributed by atoms with Gasteiger partial charge in [-0.05, 0) is 40.4 Å². The molecular formula is C18H30O. The fraction of sp³-hybridized carbons (Fsp3) is 0.667. The number of aliphatic hydroxyl groups excluding tert-OH is 1. The molecule has 0 aliphatic rings. The molecule has 2 atom stereocenters. The van der Waals surface area contributed by atoms with E-state index in [2.05, 4.69) is 66.7 Å². The Kier molecular flexibility index (Phi) is 5.61. The molecule has 1 nitrogen and oxygen atoms in total. The standard InChI is InChI=1S/C18H30O/c1-11(2)14(7)18(19)16-9-8-15(12(3)4)10-17(16)13(5)6/h8-14,18-19H,1-7H3. The van der Waals surface area contributed by atoms with E-state index in [4.69, 9.17) is 0 Å². The van der Waals surface area contributed by atoms with E-state index in [0.29, 0.717) is 17.8 Å². The first-order valence-electron chi connectivity index (χ1n) is 7.57. The van der Waals surface area contributed by atoms with E-state index in [0.717, 1.165) is 5.56 Å². The monoisotopic (exact) mass is 262 g/mol. The topological polar surface area (TPSA) is 20.2 Å². The normalized spacial score (nSPS) is 15.3. The van der Waals surface area contributed by atoms with E-state index in [1.165, 1.54) is 11.1 Å². The average Bonchev–Trinajstić information content (AvgIpc) is 2.35. The Morgan fingerprint density at radius 3 is 1.79 bits per heavy atom. The van der Waals surface area contributed by atoms with Crippen molar-refractivity contribution in [1.82, 2.24) is 0 Å². The summed E-state index contributed by atoms with van der Waals surface area (Å²) in [5.41, 5.74) is 3.77. The zero-order valence-corrected chi connectivity index (χ0v) is 13.6. The lowest BCUT2D eigenvalue weighted by Gasteiger charge is -2.26. The largest absolute Gasteiger partial charge is 0.388 e. The Labute approximate surface area is 119 Å². The van der Waals surface area contributed by atoms with E-state index in [1.807, 2.05) is 0 Å². The molecule has 108 valence electrons. The zero-order valence-electron chi connectivity index (χ0n) is 13.6. The minimum Gasteiger partial charge on any atom is -0.388 e. The van der Waals surface area contributed by atoms with Gasteiger partial charge in [-0.1, -0.05) is 66.7 Å². The Morgan fingerprint density at radius 2 is 1.37 bits per heavy atom. The lowest BCUT2D eigenvalue weighted by molar-refractivity contribution is 0.0910. The summed E-state index contributed by atoms with van der Waals surface area (Å²) in [6.07, 6.45) is -0.362. The Morgan fingerprint density at radius 1 is 0.789 bits per heavy atom. The minimum atomic E-state index is -0.362. The third-order valence-electron chi connectivity index (χ3n) is 4.27. The van der Waals surface area contributed by atoms with Crippen molar-refractivity contribution in [2.45, 2.75) is 66.4 Å². The van der Waals surface area contributed by atoms with Gasteiger partial charge in [0.1, 0.15) is 0 Å². The molecular weight excluding hydrogens is 232 g/mol. The van der Waals surface area contributed by atoms with Gasteiger partial charge in [0.15, 0.2) is 0 Å². The van der Waals surface area contributed by atoms with Crippen LogP contribution in [0.4, 0.5) is 0 Å². The van der Waals surface area contributed by atoms with Crippen LogP contribution in [-0.4, -0.2) is 5.11 Å². The van der Waals surface area contributed by atoms with Gasteiger partial charge in [-0.15, -0.1) is 0 Å². The van der Waals surface area contributed by atoms with Crippen LogP contribution in [0.25, 0.3) is 0 Å². The average molecular weight is 262 g/mol. The Bertz CT molecular complexity index is 404. The molecule has 1 aromatic rings. The second-order valence-corrected chi connectivity index (χ2v) is 6.75. The van der Waals surface area contributed by atoms with Gasteiger partial charge in [0, 0.05) is 0 Å². The lowest BCUT2D eigenvalue weighted by Crippen LogP contribution is -2.17. The van der Waals surface area contributed by atoms with Gasteiger partial charge >= 0.3 is 0 Å². The van der Waals surface area contributed by atoms with Gasteiger partial charge in [0.2, 0.25) is 0 Å². The Balaban J connectivity index is 3.20.